The van der Waals surface area contributed by atoms with Crippen molar-refractivity contribution in [3.05, 3.63) is 83.9 Å². The highest BCUT2D eigenvalue weighted by atomic mass is 14.2. The molecule has 1 aliphatic rings. The molecule has 36 heavy (non-hydrogen) atoms. The molecule has 0 amide bonds. The average Bonchev–Trinajstić information content (AvgIpc) is 3.39. The van der Waals surface area contributed by atoms with Gasteiger partial charge in [-0.3, -0.25) is 0 Å². The van der Waals surface area contributed by atoms with Crippen molar-refractivity contribution in [1.82, 2.24) is 0 Å². The number of hydrogen-bond acceptors (Lipinski definition) is 0. The molecule has 0 radical (unpaired) electrons. The summed E-state index contributed by atoms with van der Waals surface area (Å²) in [5.41, 5.74) is 5.79. The molecular weight excluding hydrogens is 432 g/mol. The van der Waals surface area contributed by atoms with Gasteiger partial charge in [-0.05, 0) is 50.2 Å². The normalized spacial score (nSPS) is 9.33. The van der Waals surface area contributed by atoms with E-state index in [1.54, 1.807) is 0 Å². The smallest absolute Gasteiger partial charge is 0.000112 e. The van der Waals surface area contributed by atoms with Gasteiger partial charge in [0.2, 0.25) is 0 Å². The Balaban J connectivity index is 0. The van der Waals surface area contributed by atoms with Crippen LogP contribution in [-0.4, -0.2) is 0 Å². The monoisotopic (exact) mass is 488 g/mol. The fourth-order valence-corrected chi connectivity index (χ4v) is 4.09. The van der Waals surface area contributed by atoms with Crippen LogP contribution in [0.2, 0.25) is 0 Å². The first-order valence-electron chi connectivity index (χ1n) is 14.8. The van der Waals surface area contributed by atoms with Crippen molar-refractivity contribution in [3.8, 4) is 11.1 Å². The third-order valence-corrected chi connectivity index (χ3v) is 5.43. The molecule has 0 aromatic heterocycles. The highest BCUT2D eigenvalue weighted by molar-refractivity contribution is 6.00. The van der Waals surface area contributed by atoms with Crippen LogP contribution in [0, 0.1) is 0 Å². The molecule has 1 aliphatic carbocycles. The Hall–Kier alpha value is -2.60. The molecule has 0 unspecified atom stereocenters. The standard InChI is InChI=1S/C21H14.C5H12.5C2H6/c1-3-7-16-14(5-1)9-11-18-19-12-10-15-6-2-4-8-17(15)21(19)13-20(16)18;1-3-5-4-2;5*1-2/h1-12H,13H2;3-5H2,1-2H3;5*1-2H3. The minimum atomic E-state index is 1.05. The van der Waals surface area contributed by atoms with Crippen molar-refractivity contribution >= 4 is 21.5 Å². The van der Waals surface area contributed by atoms with Crippen LogP contribution >= 0.6 is 0 Å². The van der Waals surface area contributed by atoms with Gasteiger partial charge in [-0.2, -0.15) is 0 Å². The van der Waals surface area contributed by atoms with E-state index in [4.69, 9.17) is 0 Å². The second-order valence-electron chi connectivity index (χ2n) is 7.16. The van der Waals surface area contributed by atoms with Gasteiger partial charge in [0.25, 0.3) is 0 Å². The first-order valence-corrected chi connectivity index (χ1v) is 14.8. The van der Waals surface area contributed by atoms with Crippen molar-refractivity contribution in [3.63, 3.8) is 0 Å². The second-order valence-corrected chi connectivity index (χ2v) is 7.16. The van der Waals surface area contributed by atoms with E-state index >= 15 is 0 Å². The highest BCUT2D eigenvalue weighted by Crippen LogP contribution is 2.43. The maximum atomic E-state index is 2.29. The van der Waals surface area contributed by atoms with Gasteiger partial charge in [0.15, 0.2) is 0 Å². The Morgan fingerprint density at radius 2 is 0.778 bits per heavy atom. The molecule has 4 aromatic carbocycles. The van der Waals surface area contributed by atoms with Gasteiger partial charge >= 0.3 is 0 Å². The van der Waals surface area contributed by atoms with Crippen LogP contribution in [0.25, 0.3) is 32.7 Å². The van der Waals surface area contributed by atoms with Crippen molar-refractivity contribution in [2.75, 3.05) is 0 Å². The Bertz CT molecular complexity index is 971. The van der Waals surface area contributed by atoms with Crippen LogP contribution < -0.4 is 0 Å². The van der Waals surface area contributed by atoms with Gasteiger partial charge in [0.1, 0.15) is 0 Å². The Morgan fingerprint density at radius 1 is 0.444 bits per heavy atom. The van der Waals surface area contributed by atoms with Gasteiger partial charge in [0, 0.05) is 0 Å². The average molecular weight is 489 g/mol. The largest absolute Gasteiger partial charge is 0.0683 e. The molecule has 4 aromatic rings. The lowest BCUT2D eigenvalue weighted by Crippen LogP contribution is -1.84. The van der Waals surface area contributed by atoms with Crippen molar-refractivity contribution < 1.29 is 0 Å². The first kappa shape index (κ1) is 35.6. The molecule has 0 nitrogen and oxygen atoms in total. The van der Waals surface area contributed by atoms with Gasteiger partial charge in [0.05, 0.1) is 0 Å². The summed E-state index contributed by atoms with van der Waals surface area (Å²) in [4.78, 5) is 0. The first-order chi connectivity index (χ1) is 17.8. The van der Waals surface area contributed by atoms with E-state index in [0.717, 1.165) is 6.42 Å². The molecule has 5 rings (SSSR count). The lowest BCUT2D eigenvalue weighted by Gasteiger charge is -2.05. The van der Waals surface area contributed by atoms with Crippen LogP contribution in [0.4, 0.5) is 0 Å². The fraction of sp³-hybridized carbons (Fsp3) is 0.444. The van der Waals surface area contributed by atoms with E-state index in [0.29, 0.717) is 0 Å². The Kier molecular flexibility index (Phi) is 22.6. The Morgan fingerprint density at radius 3 is 1.08 bits per heavy atom. The minimum absolute atomic E-state index is 1.05. The molecule has 0 fully saturated rings. The van der Waals surface area contributed by atoms with Crippen molar-refractivity contribution in [2.24, 2.45) is 0 Å². The second kappa shape index (κ2) is 22.8. The van der Waals surface area contributed by atoms with Crippen LogP contribution in [0.5, 0.6) is 0 Å². The number of fused-ring (bicyclic) bond motifs is 7. The molecule has 0 aliphatic heterocycles. The predicted octanol–water partition coefficient (Wildman–Crippen LogP) is 12.9. The molecule has 0 heterocycles. The number of rotatable bonds is 2. The summed E-state index contributed by atoms with van der Waals surface area (Å²) in [5.74, 6) is 0. The van der Waals surface area contributed by atoms with E-state index in [2.05, 4.69) is 86.6 Å². The van der Waals surface area contributed by atoms with Crippen LogP contribution in [0.3, 0.4) is 0 Å². The zero-order valence-electron chi connectivity index (χ0n) is 25.8. The minimum Gasteiger partial charge on any atom is -0.0683 e. The summed E-state index contributed by atoms with van der Waals surface area (Å²) < 4.78 is 0. The van der Waals surface area contributed by atoms with E-state index in [1.807, 2.05) is 69.2 Å². The number of hydrogen-bond donors (Lipinski definition) is 0. The summed E-state index contributed by atoms with van der Waals surface area (Å²) in [7, 11) is 0. The van der Waals surface area contributed by atoms with Gasteiger partial charge in [-0.15, -0.1) is 0 Å². The zero-order valence-corrected chi connectivity index (χ0v) is 25.8. The molecule has 0 saturated heterocycles. The molecule has 0 saturated carbocycles. The quantitative estimate of drug-likeness (QED) is 0.232. The lowest BCUT2D eigenvalue weighted by atomic mass is 9.99. The maximum Gasteiger partial charge on any atom is -0.000112 e. The van der Waals surface area contributed by atoms with Crippen molar-refractivity contribution in [1.29, 1.82) is 0 Å². The lowest BCUT2D eigenvalue weighted by molar-refractivity contribution is 0.772. The van der Waals surface area contributed by atoms with E-state index in [1.165, 1.54) is 63.1 Å². The van der Waals surface area contributed by atoms with Gasteiger partial charge in [-0.25, -0.2) is 0 Å². The van der Waals surface area contributed by atoms with Gasteiger partial charge in [-0.1, -0.05) is 175 Å². The molecule has 0 atom stereocenters. The predicted molar refractivity (Wildman–Crippen MR) is 172 cm³/mol. The molecule has 0 bridgehead atoms. The van der Waals surface area contributed by atoms with Crippen LogP contribution in [-0.2, 0) is 6.42 Å². The SMILES string of the molecule is CC.CC.CC.CC.CC.CCCCC.c1ccc2c3c(ccc2c1)-c1ccc2ccccc2c1C3. The summed E-state index contributed by atoms with van der Waals surface area (Å²) in [6, 6.07) is 26.5. The number of benzene rings is 4. The topological polar surface area (TPSA) is 0 Å². The molecular formula is C36H56. The number of unbranched alkanes of at least 4 members (excludes halogenated alkanes) is 2. The molecule has 0 heteroatoms. The van der Waals surface area contributed by atoms with Gasteiger partial charge < -0.3 is 0 Å². The van der Waals surface area contributed by atoms with Crippen molar-refractivity contribution in [2.45, 2.75) is 109 Å². The zero-order chi connectivity index (χ0) is 27.9. The summed E-state index contributed by atoms with van der Waals surface area (Å²) in [6.07, 6.45) is 5.13. The summed E-state index contributed by atoms with van der Waals surface area (Å²) >= 11 is 0. The third-order valence-electron chi connectivity index (χ3n) is 5.43. The van der Waals surface area contributed by atoms with Crippen LogP contribution in [0.1, 0.15) is 113 Å². The molecule has 0 N–H and O–H groups in total. The van der Waals surface area contributed by atoms with Crippen LogP contribution in [0.15, 0.2) is 72.8 Å². The van der Waals surface area contributed by atoms with E-state index in [9.17, 15) is 0 Å². The summed E-state index contributed by atoms with van der Waals surface area (Å²) in [6.45, 7) is 24.4. The molecule has 200 valence electrons. The Labute approximate surface area is 225 Å². The van der Waals surface area contributed by atoms with E-state index in [-0.39, 0.29) is 0 Å². The fourth-order valence-electron chi connectivity index (χ4n) is 4.09. The highest BCUT2D eigenvalue weighted by Gasteiger charge is 2.21. The maximum absolute atomic E-state index is 2.29. The van der Waals surface area contributed by atoms with E-state index < -0.39 is 0 Å². The summed E-state index contributed by atoms with van der Waals surface area (Å²) in [5, 5.41) is 5.48. The third kappa shape index (κ3) is 9.45. The molecule has 0 spiro atoms.